The largest absolute Gasteiger partial charge is 0.343 e. The Labute approximate surface area is 194 Å². The quantitative estimate of drug-likeness (QED) is 0.470. The maximum Gasteiger partial charge on any atom is 0.264 e. The van der Waals surface area contributed by atoms with Gasteiger partial charge in [0.2, 0.25) is 5.91 Å². The summed E-state index contributed by atoms with van der Waals surface area (Å²) in [4.78, 5) is 24.2. The average Bonchev–Trinajstić information content (AvgIpc) is 2.84. The summed E-state index contributed by atoms with van der Waals surface area (Å²) in [6.07, 6.45) is 0. The first kappa shape index (κ1) is 24.8. The smallest absolute Gasteiger partial charge is 0.264 e. The Balaban J connectivity index is 1.65. The van der Waals surface area contributed by atoms with Crippen LogP contribution in [-0.2, 0) is 14.8 Å². The normalized spacial score (nSPS) is 11.1. The maximum absolute atomic E-state index is 13.6. The zero-order chi connectivity index (χ0) is 24.9. The minimum absolute atomic E-state index is 0.0266. The van der Waals surface area contributed by atoms with Crippen molar-refractivity contribution < 1.29 is 31.2 Å². The third-order valence-electron chi connectivity index (χ3n) is 4.75. The molecule has 11 heteroatoms. The number of carbonyl (C=O) groups is 2. The van der Waals surface area contributed by atoms with E-state index in [9.17, 15) is 31.2 Å². The lowest BCUT2D eigenvalue weighted by molar-refractivity contribution is -0.115. The van der Waals surface area contributed by atoms with Crippen LogP contribution in [0.2, 0.25) is 0 Å². The molecule has 34 heavy (non-hydrogen) atoms. The minimum atomic E-state index is -3.87. The highest BCUT2D eigenvalue weighted by Crippen LogP contribution is 2.23. The van der Waals surface area contributed by atoms with Gasteiger partial charge in [0.1, 0.15) is 0 Å². The van der Waals surface area contributed by atoms with Crippen LogP contribution in [0.15, 0.2) is 71.6 Å². The summed E-state index contributed by atoms with van der Waals surface area (Å²) in [5.41, 5.74) is -0.00424. The van der Waals surface area contributed by atoms with Crippen LogP contribution in [-0.4, -0.2) is 33.3 Å². The van der Waals surface area contributed by atoms with Gasteiger partial charge in [-0.1, -0.05) is 18.2 Å². The van der Waals surface area contributed by atoms with Crippen LogP contribution in [0.25, 0.3) is 0 Å². The first-order chi connectivity index (χ1) is 16.1. The van der Waals surface area contributed by atoms with E-state index >= 15 is 0 Å². The van der Waals surface area contributed by atoms with Gasteiger partial charge in [0.15, 0.2) is 17.5 Å². The van der Waals surface area contributed by atoms with Gasteiger partial charge in [-0.3, -0.25) is 13.9 Å². The third-order valence-corrected chi connectivity index (χ3v) is 6.67. The number of sulfonamides is 1. The summed E-state index contributed by atoms with van der Waals surface area (Å²) in [7, 11) is -3.87. The molecule has 0 spiro atoms. The van der Waals surface area contributed by atoms with Gasteiger partial charge in [-0.25, -0.2) is 21.6 Å². The van der Waals surface area contributed by atoms with Gasteiger partial charge >= 0.3 is 0 Å². The Morgan fingerprint density at radius 3 is 2.15 bits per heavy atom. The highest BCUT2D eigenvalue weighted by molar-refractivity contribution is 7.92. The van der Waals surface area contributed by atoms with E-state index in [1.165, 1.54) is 28.6 Å². The molecule has 0 heterocycles. The standard InChI is InChI=1S/C23H20F3N3O4S/c1-2-29(16-6-4-3-5-7-16)34(32,33)17-10-8-15(9-11-17)23(31)27-14-20(30)28-19-13-12-18(24)21(25)22(19)26/h3-13H,2,14H2,1H3,(H,27,31)(H,28,30). The molecule has 0 aliphatic carbocycles. The van der Waals surface area contributed by atoms with Crippen LogP contribution >= 0.6 is 0 Å². The lowest BCUT2D eigenvalue weighted by Gasteiger charge is -2.23. The third kappa shape index (κ3) is 5.37. The molecule has 0 aromatic heterocycles. The monoisotopic (exact) mass is 491 g/mol. The van der Waals surface area contributed by atoms with Crippen LogP contribution < -0.4 is 14.9 Å². The summed E-state index contributed by atoms with van der Waals surface area (Å²) in [5, 5.41) is 4.31. The molecule has 0 saturated heterocycles. The van der Waals surface area contributed by atoms with Crippen molar-refractivity contribution >= 4 is 33.2 Å². The van der Waals surface area contributed by atoms with Crippen molar-refractivity contribution in [1.82, 2.24) is 5.32 Å². The highest BCUT2D eigenvalue weighted by Gasteiger charge is 2.24. The van der Waals surface area contributed by atoms with Gasteiger partial charge in [-0.15, -0.1) is 0 Å². The molecule has 0 unspecified atom stereocenters. The number of benzene rings is 3. The number of halogens is 3. The van der Waals surface area contributed by atoms with E-state index in [0.29, 0.717) is 11.8 Å². The number of hydrogen-bond donors (Lipinski definition) is 2. The Hall–Kier alpha value is -3.86. The van der Waals surface area contributed by atoms with Crippen LogP contribution in [0.4, 0.5) is 24.5 Å². The van der Waals surface area contributed by atoms with Crippen molar-refractivity contribution in [2.75, 3.05) is 22.7 Å². The fourth-order valence-electron chi connectivity index (χ4n) is 3.07. The molecular formula is C23H20F3N3O4S. The van der Waals surface area contributed by atoms with Crippen LogP contribution in [0.3, 0.4) is 0 Å². The molecular weight excluding hydrogens is 471 g/mol. The fraction of sp³-hybridized carbons (Fsp3) is 0.130. The van der Waals surface area contributed by atoms with E-state index in [1.54, 1.807) is 37.3 Å². The van der Waals surface area contributed by atoms with Gasteiger partial charge in [0, 0.05) is 12.1 Å². The number of hydrogen-bond acceptors (Lipinski definition) is 4. The minimum Gasteiger partial charge on any atom is -0.343 e. The second-order valence-electron chi connectivity index (χ2n) is 6.98. The van der Waals surface area contributed by atoms with Crippen LogP contribution in [0.5, 0.6) is 0 Å². The topological polar surface area (TPSA) is 95.6 Å². The second-order valence-corrected chi connectivity index (χ2v) is 8.85. The summed E-state index contributed by atoms with van der Waals surface area (Å²) in [6, 6.07) is 15.2. The number of nitrogens with zero attached hydrogens (tertiary/aromatic N) is 1. The first-order valence-corrected chi connectivity index (χ1v) is 11.5. The predicted molar refractivity (Wildman–Crippen MR) is 120 cm³/mol. The SMILES string of the molecule is CCN(c1ccccc1)S(=O)(=O)c1ccc(C(=O)NCC(=O)Nc2ccc(F)c(F)c2F)cc1. The molecule has 0 aliphatic heterocycles. The van der Waals surface area contributed by atoms with Crippen molar-refractivity contribution in [2.24, 2.45) is 0 Å². The molecule has 7 nitrogen and oxygen atoms in total. The van der Waals surface area contributed by atoms with E-state index in [0.717, 1.165) is 6.07 Å². The van der Waals surface area contributed by atoms with Gasteiger partial charge in [0.25, 0.3) is 15.9 Å². The molecule has 3 aromatic carbocycles. The molecule has 0 aliphatic rings. The zero-order valence-electron chi connectivity index (χ0n) is 17.9. The number of carbonyl (C=O) groups excluding carboxylic acids is 2. The molecule has 0 fully saturated rings. The van der Waals surface area contributed by atoms with Crippen molar-refractivity contribution in [2.45, 2.75) is 11.8 Å². The number of amides is 2. The van der Waals surface area contributed by atoms with E-state index in [1.807, 2.05) is 5.32 Å². The Bertz CT molecular complexity index is 1300. The maximum atomic E-state index is 13.6. The van der Waals surface area contributed by atoms with Gasteiger partial charge < -0.3 is 10.6 Å². The summed E-state index contributed by atoms with van der Waals surface area (Å²) >= 11 is 0. The van der Waals surface area contributed by atoms with Crippen molar-refractivity contribution in [3.8, 4) is 0 Å². The van der Waals surface area contributed by atoms with Gasteiger partial charge in [-0.2, -0.15) is 0 Å². The second kappa shape index (κ2) is 10.4. The van der Waals surface area contributed by atoms with Crippen LogP contribution in [0, 0.1) is 17.5 Å². The Morgan fingerprint density at radius 2 is 1.53 bits per heavy atom. The highest BCUT2D eigenvalue weighted by atomic mass is 32.2. The lowest BCUT2D eigenvalue weighted by atomic mass is 10.2. The molecule has 178 valence electrons. The molecule has 0 radical (unpaired) electrons. The van der Waals surface area contributed by atoms with Crippen molar-refractivity contribution in [3.63, 3.8) is 0 Å². The molecule has 2 amide bonds. The molecule has 3 rings (SSSR count). The predicted octanol–water partition coefficient (Wildman–Crippen LogP) is 3.69. The Kier molecular flexibility index (Phi) is 7.57. The number of nitrogens with one attached hydrogen (secondary N) is 2. The van der Waals surface area contributed by atoms with Crippen molar-refractivity contribution in [1.29, 1.82) is 0 Å². The summed E-state index contributed by atoms with van der Waals surface area (Å²) < 4.78 is 67.1. The van der Waals surface area contributed by atoms with Gasteiger partial charge in [-0.05, 0) is 55.5 Å². The zero-order valence-corrected chi connectivity index (χ0v) is 18.7. The molecule has 0 atom stereocenters. The molecule has 0 bridgehead atoms. The number of rotatable bonds is 8. The summed E-state index contributed by atoms with van der Waals surface area (Å²) in [5.74, 6) is -6.27. The Morgan fingerprint density at radius 1 is 0.882 bits per heavy atom. The van der Waals surface area contributed by atoms with E-state index in [4.69, 9.17) is 0 Å². The van der Waals surface area contributed by atoms with Crippen molar-refractivity contribution in [3.05, 3.63) is 89.7 Å². The molecule has 2 N–H and O–H groups in total. The average molecular weight is 491 g/mol. The van der Waals surface area contributed by atoms with E-state index in [2.05, 4.69) is 5.32 Å². The first-order valence-electron chi connectivity index (χ1n) is 10.0. The lowest BCUT2D eigenvalue weighted by Crippen LogP contribution is -2.33. The van der Waals surface area contributed by atoms with Gasteiger partial charge in [0.05, 0.1) is 22.8 Å². The summed E-state index contributed by atoms with van der Waals surface area (Å²) in [6.45, 7) is 1.31. The number of para-hydroxylation sites is 1. The molecule has 0 saturated carbocycles. The molecule has 3 aromatic rings. The van der Waals surface area contributed by atoms with Crippen LogP contribution in [0.1, 0.15) is 17.3 Å². The number of anilines is 2. The van der Waals surface area contributed by atoms with E-state index in [-0.39, 0.29) is 17.0 Å². The fourth-order valence-corrected chi connectivity index (χ4v) is 4.54. The van der Waals surface area contributed by atoms with E-state index < -0.39 is 51.5 Å².